The third-order valence-corrected chi connectivity index (χ3v) is 6.36. The number of rotatable bonds is 2. The Morgan fingerprint density at radius 3 is 2.57 bits per heavy atom. The third kappa shape index (κ3) is 2.64. The maximum atomic E-state index is 13.1. The molecule has 2 aliphatic rings. The van der Waals surface area contributed by atoms with E-state index in [2.05, 4.69) is 22.3 Å². The molecule has 1 aliphatic heterocycles. The molecule has 3 aromatic rings. The van der Waals surface area contributed by atoms with E-state index >= 15 is 0 Å². The maximum absolute atomic E-state index is 13.1. The molecular weight excluding hydrogens is 352 g/mol. The van der Waals surface area contributed by atoms with Crippen molar-refractivity contribution in [1.82, 2.24) is 19.7 Å². The molecule has 28 heavy (non-hydrogen) atoms. The summed E-state index contributed by atoms with van der Waals surface area (Å²) in [6.45, 7) is 1.31. The summed E-state index contributed by atoms with van der Waals surface area (Å²) in [6, 6.07) is 15.9. The highest BCUT2D eigenvalue weighted by atomic mass is 16.3. The van der Waals surface area contributed by atoms with Gasteiger partial charge in [-0.3, -0.25) is 9.36 Å². The summed E-state index contributed by atoms with van der Waals surface area (Å²) in [5.41, 5.74) is 3.83. The van der Waals surface area contributed by atoms with Gasteiger partial charge in [0.1, 0.15) is 12.7 Å². The molecule has 1 aliphatic carbocycles. The molecule has 1 saturated heterocycles. The lowest BCUT2D eigenvalue weighted by Crippen LogP contribution is -2.49. The summed E-state index contributed by atoms with van der Waals surface area (Å²) >= 11 is 0. The lowest BCUT2D eigenvalue weighted by molar-refractivity contribution is 0.0365. The Balaban J connectivity index is 1.35. The number of aliphatic hydroxyl groups excluding tert-OH is 1. The van der Waals surface area contributed by atoms with Crippen LogP contribution in [0.2, 0.25) is 0 Å². The second-order valence-electron chi connectivity index (χ2n) is 7.74. The summed E-state index contributed by atoms with van der Waals surface area (Å²) in [7, 11) is 0. The second-order valence-corrected chi connectivity index (χ2v) is 7.74. The number of nitrogens with zero attached hydrogens (tertiary/aromatic N) is 4. The number of hydrogen-bond donors (Lipinski definition) is 1. The van der Waals surface area contributed by atoms with Crippen LogP contribution in [0.5, 0.6) is 0 Å². The van der Waals surface area contributed by atoms with Gasteiger partial charge in [-0.1, -0.05) is 30.3 Å². The summed E-state index contributed by atoms with van der Waals surface area (Å²) in [6.07, 6.45) is 5.18. The average Bonchev–Trinajstić information content (AvgIpc) is 3.36. The zero-order valence-electron chi connectivity index (χ0n) is 15.5. The minimum atomic E-state index is -0.362. The molecule has 2 heterocycles. The van der Waals surface area contributed by atoms with Crippen molar-refractivity contribution in [2.24, 2.45) is 0 Å². The molecule has 1 atom stereocenters. The number of hydrogen-bond acceptors (Lipinski definition) is 4. The van der Waals surface area contributed by atoms with E-state index in [-0.39, 0.29) is 17.4 Å². The van der Waals surface area contributed by atoms with E-state index in [0.29, 0.717) is 25.1 Å². The van der Waals surface area contributed by atoms with Crippen molar-refractivity contribution in [1.29, 1.82) is 0 Å². The van der Waals surface area contributed by atoms with E-state index in [4.69, 9.17) is 0 Å². The Kier molecular flexibility index (Phi) is 4.02. The van der Waals surface area contributed by atoms with Crippen molar-refractivity contribution in [3.8, 4) is 5.69 Å². The number of aromatic nitrogens is 3. The van der Waals surface area contributed by atoms with Crippen LogP contribution in [-0.4, -0.2) is 49.9 Å². The van der Waals surface area contributed by atoms with Crippen LogP contribution in [0.25, 0.3) is 5.69 Å². The molecule has 0 unspecified atom stereocenters. The van der Waals surface area contributed by atoms with Gasteiger partial charge in [-0.05, 0) is 48.6 Å². The minimum Gasteiger partial charge on any atom is -0.392 e. The van der Waals surface area contributed by atoms with Gasteiger partial charge in [0.15, 0.2) is 0 Å². The van der Waals surface area contributed by atoms with Gasteiger partial charge < -0.3 is 10.0 Å². The average molecular weight is 374 g/mol. The Hall–Kier alpha value is -2.99. The van der Waals surface area contributed by atoms with Gasteiger partial charge in [0, 0.05) is 29.8 Å². The van der Waals surface area contributed by atoms with Crippen LogP contribution in [0.1, 0.15) is 34.3 Å². The third-order valence-electron chi connectivity index (χ3n) is 6.36. The van der Waals surface area contributed by atoms with Gasteiger partial charge in [-0.2, -0.15) is 0 Å². The van der Waals surface area contributed by atoms with E-state index < -0.39 is 0 Å². The van der Waals surface area contributed by atoms with E-state index in [1.165, 1.54) is 11.1 Å². The monoisotopic (exact) mass is 374 g/mol. The summed E-state index contributed by atoms with van der Waals surface area (Å²) in [5, 5.41) is 18.4. The van der Waals surface area contributed by atoms with Gasteiger partial charge in [0.05, 0.1) is 6.10 Å². The Bertz CT molecular complexity index is 1010. The Morgan fingerprint density at radius 2 is 1.79 bits per heavy atom. The molecule has 0 saturated carbocycles. The number of carbonyl (C=O) groups excluding carboxylic acids is 1. The quantitative estimate of drug-likeness (QED) is 0.748. The Labute approximate surface area is 163 Å². The van der Waals surface area contributed by atoms with Gasteiger partial charge in [-0.15, -0.1) is 10.2 Å². The van der Waals surface area contributed by atoms with Crippen LogP contribution in [0.3, 0.4) is 0 Å². The number of benzene rings is 2. The normalized spacial score (nSPS) is 20.3. The standard InChI is InChI=1S/C22H22N4O2/c27-20-13-16-4-1-2-7-19(16)22(20)8-10-25(11-9-22)21(28)17-5-3-6-18(12-17)26-14-23-24-15-26/h1-7,12,14-15,20,27H,8-11,13H2/t20-/m1/s1. The number of fused-ring (bicyclic) bond motifs is 2. The molecule has 1 spiro atoms. The van der Waals surface area contributed by atoms with Crippen LogP contribution in [0.4, 0.5) is 0 Å². The number of amides is 1. The first kappa shape index (κ1) is 17.1. The molecule has 6 heteroatoms. The van der Waals surface area contributed by atoms with E-state index in [1.807, 2.05) is 41.3 Å². The molecule has 1 fully saturated rings. The molecule has 6 nitrogen and oxygen atoms in total. The highest BCUT2D eigenvalue weighted by molar-refractivity contribution is 5.94. The first-order chi connectivity index (χ1) is 13.7. The van der Waals surface area contributed by atoms with E-state index in [1.54, 1.807) is 17.2 Å². The fourth-order valence-electron chi connectivity index (χ4n) is 4.79. The van der Waals surface area contributed by atoms with Crippen molar-refractivity contribution in [3.63, 3.8) is 0 Å². The predicted octanol–water partition coefficient (Wildman–Crippen LogP) is 2.36. The lowest BCUT2D eigenvalue weighted by atomic mass is 9.72. The number of carbonyl (C=O) groups is 1. The van der Waals surface area contributed by atoms with Crippen LogP contribution in [0, 0.1) is 0 Å². The summed E-state index contributed by atoms with van der Waals surface area (Å²) in [4.78, 5) is 15.0. The Morgan fingerprint density at radius 1 is 1.04 bits per heavy atom. The topological polar surface area (TPSA) is 71.2 Å². The smallest absolute Gasteiger partial charge is 0.253 e. The molecular formula is C22H22N4O2. The maximum Gasteiger partial charge on any atom is 0.253 e. The van der Waals surface area contributed by atoms with Crippen molar-refractivity contribution < 1.29 is 9.90 Å². The highest BCUT2D eigenvalue weighted by Gasteiger charge is 2.48. The molecule has 0 radical (unpaired) electrons. The van der Waals surface area contributed by atoms with E-state index in [0.717, 1.165) is 18.5 Å². The minimum absolute atomic E-state index is 0.0329. The van der Waals surface area contributed by atoms with Crippen molar-refractivity contribution in [2.75, 3.05) is 13.1 Å². The van der Waals surface area contributed by atoms with Gasteiger partial charge in [-0.25, -0.2) is 0 Å². The number of likely N-dealkylation sites (tertiary alicyclic amines) is 1. The van der Waals surface area contributed by atoms with Crippen molar-refractivity contribution in [2.45, 2.75) is 30.8 Å². The fourth-order valence-corrected chi connectivity index (χ4v) is 4.79. The second kappa shape index (κ2) is 6.56. The first-order valence-electron chi connectivity index (χ1n) is 9.68. The van der Waals surface area contributed by atoms with Crippen LogP contribution >= 0.6 is 0 Å². The zero-order chi connectivity index (χ0) is 19.1. The molecule has 1 amide bonds. The number of piperidine rings is 1. The van der Waals surface area contributed by atoms with Crippen molar-refractivity contribution >= 4 is 5.91 Å². The summed E-state index contributed by atoms with van der Waals surface area (Å²) < 4.78 is 1.79. The molecule has 1 aromatic heterocycles. The molecule has 2 aromatic carbocycles. The van der Waals surface area contributed by atoms with E-state index in [9.17, 15) is 9.90 Å². The van der Waals surface area contributed by atoms with Gasteiger partial charge in [0.2, 0.25) is 0 Å². The first-order valence-corrected chi connectivity index (χ1v) is 9.68. The van der Waals surface area contributed by atoms with Gasteiger partial charge in [0.25, 0.3) is 5.91 Å². The van der Waals surface area contributed by atoms with Crippen LogP contribution in [-0.2, 0) is 11.8 Å². The molecule has 1 N–H and O–H groups in total. The molecule has 0 bridgehead atoms. The largest absolute Gasteiger partial charge is 0.392 e. The van der Waals surface area contributed by atoms with Crippen LogP contribution < -0.4 is 0 Å². The van der Waals surface area contributed by atoms with Gasteiger partial charge >= 0.3 is 0 Å². The highest BCUT2D eigenvalue weighted by Crippen LogP contribution is 2.46. The predicted molar refractivity (Wildman–Crippen MR) is 104 cm³/mol. The number of aliphatic hydroxyl groups is 1. The van der Waals surface area contributed by atoms with Crippen LogP contribution in [0.15, 0.2) is 61.2 Å². The zero-order valence-corrected chi connectivity index (χ0v) is 15.5. The SMILES string of the molecule is O=C(c1cccc(-n2cnnc2)c1)N1CCC2(CC1)c1ccccc1C[C@H]2O. The lowest BCUT2D eigenvalue weighted by Gasteiger charge is -2.42. The molecule has 5 rings (SSSR count). The molecule has 142 valence electrons. The van der Waals surface area contributed by atoms with Crippen molar-refractivity contribution in [3.05, 3.63) is 77.9 Å². The fraction of sp³-hybridized carbons (Fsp3) is 0.318. The summed E-state index contributed by atoms with van der Waals surface area (Å²) in [5.74, 6) is 0.0329.